The summed E-state index contributed by atoms with van der Waals surface area (Å²) in [6.07, 6.45) is 3.45. The fourth-order valence-electron chi connectivity index (χ4n) is 2.39. The summed E-state index contributed by atoms with van der Waals surface area (Å²) in [4.78, 5) is 8.68. The first-order valence-electron chi connectivity index (χ1n) is 6.59. The van der Waals surface area contributed by atoms with Crippen LogP contribution in [0.15, 0.2) is 36.7 Å². The van der Waals surface area contributed by atoms with Crippen molar-refractivity contribution in [3.05, 3.63) is 53.6 Å². The number of nitriles is 1. The van der Waals surface area contributed by atoms with Gasteiger partial charge in [-0.25, -0.2) is 4.98 Å². The number of hydrogen-bond acceptors (Lipinski definition) is 3. The van der Waals surface area contributed by atoms with E-state index in [4.69, 9.17) is 16.9 Å². The van der Waals surface area contributed by atoms with Crippen molar-refractivity contribution < 1.29 is 0 Å². The first-order valence-corrected chi connectivity index (χ1v) is 7.03. The van der Waals surface area contributed by atoms with Crippen molar-refractivity contribution >= 4 is 22.6 Å². The fourth-order valence-corrected chi connectivity index (χ4v) is 2.54. The lowest BCUT2D eigenvalue weighted by Gasteiger charge is -2.13. The number of aryl methyl sites for hydroxylation is 1. The van der Waals surface area contributed by atoms with Gasteiger partial charge in [-0.15, -0.1) is 11.6 Å². The van der Waals surface area contributed by atoms with Gasteiger partial charge in [0, 0.05) is 6.20 Å². The molecule has 21 heavy (non-hydrogen) atoms. The van der Waals surface area contributed by atoms with Gasteiger partial charge in [0.05, 0.1) is 34.4 Å². The Morgan fingerprint density at radius 1 is 1.33 bits per heavy atom. The molecule has 2 aromatic heterocycles. The lowest BCUT2D eigenvalue weighted by Crippen LogP contribution is -2.04. The van der Waals surface area contributed by atoms with Crippen molar-refractivity contribution in [3.8, 4) is 11.8 Å². The molecule has 4 nitrogen and oxygen atoms in total. The SMILES string of the molecule is Cc1ccc(C#N)cc1-n1c(C(C)Cl)nc2cnccc21. The monoisotopic (exact) mass is 296 g/mol. The highest BCUT2D eigenvalue weighted by Gasteiger charge is 2.17. The first-order chi connectivity index (χ1) is 10.1. The summed E-state index contributed by atoms with van der Waals surface area (Å²) in [7, 11) is 0. The smallest absolute Gasteiger partial charge is 0.132 e. The summed E-state index contributed by atoms with van der Waals surface area (Å²) in [6.45, 7) is 3.89. The number of halogens is 1. The molecule has 0 saturated carbocycles. The van der Waals surface area contributed by atoms with Crippen molar-refractivity contribution in [2.75, 3.05) is 0 Å². The second-order valence-electron chi connectivity index (χ2n) is 4.90. The lowest BCUT2D eigenvalue weighted by molar-refractivity contribution is 0.878. The zero-order valence-corrected chi connectivity index (χ0v) is 12.5. The van der Waals surface area contributed by atoms with Gasteiger partial charge >= 0.3 is 0 Å². The Morgan fingerprint density at radius 2 is 2.14 bits per heavy atom. The number of fused-ring (bicyclic) bond motifs is 1. The summed E-state index contributed by atoms with van der Waals surface area (Å²) >= 11 is 6.29. The van der Waals surface area contributed by atoms with Crippen LogP contribution in [0.3, 0.4) is 0 Å². The van der Waals surface area contributed by atoms with Gasteiger partial charge < -0.3 is 0 Å². The van der Waals surface area contributed by atoms with Gasteiger partial charge in [-0.2, -0.15) is 5.26 Å². The molecule has 0 aliphatic heterocycles. The topological polar surface area (TPSA) is 54.5 Å². The third kappa shape index (κ3) is 2.26. The number of imidazole rings is 1. The Labute approximate surface area is 127 Å². The molecule has 0 aliphatic rings. The van der Waals surface area contributed by atoms with Crippen molar-refractivity contribution in [1.29, 1.82) is 5.26 Å². The third-order valence-electron chi connectivity index (χ3n) is 3.42. The number of rotatable bonds is 2. The minimum absolute atomic E-state index is 0.248. The molecule has 2 heterocycles. The average molecular weight is 297 g/mol. The number of nitrogens with zero attached hydrogens (tertiary/aromatic N) is 4. The van der Waals surface area contributed by atoms with Crippen molar-refractivity contribution in [1.82, 2.24) is 14.5 Å². The zero-order chi connectivity index (χ0) is 15.0. The molecule has 0 N–H and O–H groups in total. The minimum Gasteiger partial charge on any atom is -0.295 e. The molecule has 0 fully saturated rings. The molecule has 1 aromatic carbocycles. The largest absolute Gasteiger partial charge is 0.295 e. The second-order valence-corrected chi connectivity index (χ2v) is 5.55. The third-order valence-corrected chi connectivity index (χ3v) is 3.61. The Bertz CT molecular complexity index is 858. The van der Waals surface area contributed by atoms with Crippen LogP contribution in [0.1, 0.15) is 29.3 Å². The Kier molecular flexibility index (Phi) is 3.36. The molecule has 0 aliphatic carbocycles. The van der Waals surface area contributed by atoms with Crippen molar-refractivity contribution in [2.24, 2.45) is 0 Å². The van der Waals surface area contributed by atoms with E-state index in [-0.39, 0.29) is 5.38 Å². The molecule has 1 atom stereocenters. The van der Waals surface area contributed by atoms with Crippen LogP contribution in [-0.2, 0) is 0 Å². The molecule has 0 saturated heterocycles. The van der Waals surface area contributed by atoms with E-state index >= 15 is 0 Å². The maximum atomic E-state index is 9.13. The highest BCUT2D eigenvalue weighted by Crippen LogP contribution is 2.29. The quantitative estimate of drug-likeness (QED) is 0.674. The molecule has 5 heteroatoms. The van der Waals surface area contributed by atoms with Crippen LogP contribution in [0.4, 0.5) is 0 Å². The molecule has 0 bridgehead atoms. The van der Waals surface area contributed by atoms with Crippen LogP contribution < -0.4 is 0 Å². The van der Waals surface area contributed by atoms with Gasteiger partial charge in [-0.05, 0) is 37.6 Å². The molecule has 3 rings (SSSR count). The summed E-state index contributed by atoms with van der Waals surface area (Å²) < 4.78 is 2.00. The highest BCUT2D eigenvalue weighted by molar-refractivity contribution is 6.20. The molecule has 3 aromatic rings. The van der Waals surface area contributed by atoms with Crippen LogP contribution in [0, 0.1) is 18.3 Å². The fraction of sp³-hybridized carbons (Fsp3) is 0.188. The van der Waals surface area contributed by atoms with Crippen molar-refractivity contribution in [2.45, 2.75) is 19.2 Å². The number of benzene rings is 1. The normalized spacial score (nSPS) is 12.3. The first kappa shape index (κ1) is 13.6. The van der Waals surface area contributed by atoms with E-state index in [1.54, 1.807) is 12.4 Å². The predicted octanol–water partition coefficient (Wildman–Crippen LogP) is 3.90. The highest BCUT2D eigenvalue weighted by atomic mass is 35.5. The van der Waals surface area contributed by atoms with E-state index in [0.29, 0.717) is 5.56 Å². The number of hydrogen-bond donors (Lipinski definition) is 0. The Balaban J connectivity index is 2.39. The molecule has 0 amide bonds. The van der Waals surface area contributed by atoms with E-state index in [1.165, 1.54) is 0 Å². The zero-order valence-electron chi connectivity index (χ0n) is 11.7. The molecule has 0 spiro atoms. The van der Waals surface area contributed by atoms with Crippen LogP contribution in [0.2, 0.25) is 0 Å². The van der Waals surface area contributed by atoms with Crippen LogP contribution in [0.5, 0.6) is 0 Å². The van der Waals surface area contributed by atoms with Crippen LogP contribution in [0.25, 0.3) is 16.7 Å². The summed E-state index contributed by atoms with van der Waals surface area (Å²) in [6, 6.07) is 9.68. The predicted molar refractivity (Wildman–Crippen MR) is 82.6 cm³/mol. The van der Waals surface area contributed by atoms with E-state index < -0.39 is 0 Å². The summed E-state index contributed by atoms with van der Waals surface area (Å²) in [5.74, 6) is 0.748. The Morgan fingerprint density at radius 3 is 2.86 bits per heavy atom. The van der Waals surface area contributed by atoms with Crippen molar-refractivity contribution in [3.63, 3.8) is 0 Å². The maximum Gasteiger partial charge on any atom is 0.132 e. The minimum atomic E-state index is -0.248. The average Bonchev–Trinajstić information content (AvgIpc) is 2.87. The van der Waals surface area contributed by atoms with Crippen LogP contribution >= 0.6 is 11.6 Å². The Hall–Kier alpha value is -2.38. The van der Waals surface area contributed by atoms with E-state index in [0.717, 1.165) is 28.1 Å². The van der Waals surface area contributed by atoms with E-state index in [9.17, 15) is 0 Å². The number of alkyl halides is 1. The molecule has 104 valence electrons. The second kappa shape index (κ2) is 5.19. The van der Waals surface area contributed by atoms with E-state index in [2.05, 4.69) is 16.0 Å². The van der Waals surface area contributed by atoms with Gasteiger partial charge in [0.15, 0.2) is 0 Å². The molecular weight excluding hydrogens is 284 g/mol. The van der Waals surface area contributed by atoms with Gasteiger partial charge in [-0.3, -0.25) is 9.55 Å². The van der Waals surface area contributed by atoms with Gasteiger partial charge in [0.1, 0.15) is 11.3 Å². The molecular formula is C16H13ClN4. The summed E-state index contributed by atoms with van der Waals surface area (Å²) in [5, 5.41) is 8.88. The lowest BCUT2D eigenvalue weighted by atomic mass is 10.1. The van der Waals surface area contributed by atoms with Gasteiger partial charge in [0.2, 0.25) is 0 Å². The van der Waals surface area contributed by atoms with Gasteiger partial charge in [0.25, 0.3) is 0 Å². The standard InChI is InChI=1S/C16H13ClN4/c1-10-3-4-12(8-18)7-15(10)21-14-5-6-19-9-13(14)20-16(21)11(2)17/h3-7,9,11H,1-2H3. The maximum absolute atomic E-state index is 9.13. The number of aromatic nitrogens is 3. The van der Waals surface area contributed by atoms with E-state index in [1.807, 2.05) is 42.7 Å². The molecule has 0 radical (unpaired) electrons. The van der Waals surface area contributed by atoms with Crippen LogP contribution in [-0.4, -0.2) is 14.5 Å². The van der Waals surface area contributed by atoms with Gasteiger partial charge in [-0.1, -0.05) is 6.07 Å². The molecule has 1 unspecified atom stereocenters. The summed E-state index contributed by atoms with van der Waals surface area (Å²) in [5.41, 5.74) is 4.32. The number of pyridine rings is 1.